The molecule has 12 heteroatoms. The zero-order valence-electron chi connectivity index (χ0n) is 26.1. The molecule has 1 fully saturated rings. The van der Waals surface area contributed by atoms with Crippen molar-refractivity contribution < 1.29 is 32.2 Å². The molecule has 0 spiro atoms. The Labute approximate surface area is 284 Å². The van der Waals surface area contributed by atoms with Gasteiger partial charge in [-0.25, -0.2) is 18.2 Å². The number of hydrogen-bond acceptors (Lipinski definition) is 9. The molecule has 1 heterocycles. The number of aryl methyl sites for hydroxylation is 1. The molecular weight excluding hydrogens is 660 g/mol. The Morgan fingerprint density at radius 2 is 1.81 bits per heavy atom. The van der Waals surface area contributed by atoms with Crippen LogP contribution in [0.5, 0.6) is 11.5 Å². The Morgan fingerprint density at radius 3 is 2.57 bits per heavy atom. The number of nitrogens with one attached hydrogen (secondary N) is 1. The van der Waals surface area contributed by atoms with Crippen LogP contribution in [0.25, 0.3) is 0 Å². The molecule has 0 bridgehead atoms. The van der Waals surface area contributed by atoms with Crippen LogP contribution in [0.4, 0.5) is 5.69 Å². The van der Waals surface area contributed by atoms with Crippen LogP contribution in [0.3, 0.4) is 0 Å². The Morgan fingerprint density at radius 1 is 1.02 bits per heavy atom. The number of nitrogens with zero attached hydrogens (tertiary/aromatic N) is 1. The van der Waals surface area contributed by atoms with Gasteiger partial charge in [0.25, 0.3) is 5.91 Å². The summed E-state index contributed by atoms with van der Waals surface area (Å²) in [5.41, 5.74) is 2.63. The topological polar surface area (TPSA) is 121 Å². The number of hydrogen-bond donors (Lipinski definition) is 1. The second-order valence-electron chi connectivity index (χ2n) is 11.2. The van der Waals surface area contributed by atoms with Gasteiger partial charge >= 0.3 is 5.97 Å². The number of ether oxygens (including phenoxy) is 3. The van der Waals surface area contributed by atoms with Crippen LogP contribution in [-0.2, 0) is 32.4 Å². The second kappa shape index (κ2) is 16.3. The third-order valence-corrected chi connectivity index (χ3v) is 10.7. The molecule has 0 saturated heterocycles. The molecule has 0 radical (unpaired) electrons. The minimum atomic E-state index is -3.49. The molecule has 9 nitrogen and oxygen atoms in total. The summed E-state index contributed by atoms with van der Waals surface area (Å²) >= 11 is 7.49. The van der Waals surface area contributed by atoms with Crippen molar-refractivity contribution in [2.75, 3.05) is 24.3 Å². The van der Waals surface area contributed by atoms with Gasteiger partial charge < -0.3 is 19.5 Å². The highest BCUT2D eigenvalue weighted by Gasteiger charge is 2.20. The summed E-state index contributed by atoms with van der Waals surface area (Å²) in [6.45, 7) is 1.89. The maximum absolute atomic E-state index is 13.4. The first-order valence-electron chi connectivity index (χ1n) is 15.6. The van der Waals surface area contributed by atoms with Crippen LogP contribution in [0, 0.1) is 0 Å². The lowest BCUT2D eigenvalue weighted by Gasteiger charge is -2.15. The number of carbonyl (C=O) groups excluding carboxylic acids is 2. The number of sulfone groups is 1. The molecule has 1 saturated carbocycles. The van der Waals surface area contributed by atoms with E-state index >= 15 is 0 Å². The summed E-state index contributed by atoms with van der Waals surface area (Å²) < 4.78 is 42.2. The fourth-order valence-corrected chi connectivity index (χ4v) is 7.61. The summed E-state index contributed by atoms with van der Waals surface area (Å²) in [5.74, 6) is 0.341. The second-order valence-corrected chi connectivity index (χ2v) is 14.7. The van der Waals surface area contributed by atoms with Gasteiger partial charge in [-0.05, 0) is 92.8 Å². The molecule has 1 aliphatic rings. The van der Waals surface area contributed by atoms with Crippen molar-refractivity contribution in [1.29, 1.82) is 0 Å². The van der Waals surface area contributed by atoms with Crippen LogP contribution < -0.4 is 14.8 Å². The van der Waals surface area contributed by atoms with E-state index in [2.05, 4.69) is 10.7 Å². The molecule has 3 aromatic carbocycles. The number of esters is 1. The van der Waals surface area contributed by atoms with Gasteiger partial charge in [-0.1, -0.05) is 36.6 Å². The molecule has 248 valence electrons. The minimum Gasteiger partial charge on any atom is -0.486 e. The molecule has 1 aromatic heterocycles. The van der Waals surface area contributed by atoms with E-state index in [1.807, 2.05) is 0 Å². The first kappa shape index (κ1) is 34.4. The van der Waals surface area contributed by atoms with Gasteiger partial charge in [-0.2, -0.15) is 0 Å². The maximum atomic E-state index is 13.4. The van der Waals surface area contributed by atoms with Crippen LogP contribution in [0.2, 0.25) is 5.02 Å². The average molecular weight is 697 g/mol. The smallest absolute Gasteiger partial charge is 0.344 e. The molecule has 0 unspecified atom stereocenters. The highest BCUT2D eigenvalue weighted by molar-refractivity contribution is 7.91. The van der Waals surface area contributed by atoms with Gasteiger partial charge in [0.15, 0.2) is 16.4 Å². The highest BCUT2D eigenvalue weighted by Crippen LogP contribution is 2.34. The lowest BCUT2D eigenvalue weighted by molar-refractivity contribution is -0.145. The fraction of sp³-hybridized carbons (Fsp3) is 0.343. The summed E-state index contributed by atoms with van der Waals surface area (Å²) in [4.78, 5) is 30.3. The van der Waals surface area contributed by atoms with E-state index in [0.717, 1.165) is 16.3 Å². The number of thiazole rings is 1. The SMILES string of the molecule is CCOC(=O)COc1ccc(CCCS(=O)(=O)c2ccc(Cl)cc2)cc1NC(=O)c1cccc(OCc2nc(C3CCCC3)cs2)c1. The van der Waals surface area contributed by atoms with Gasteiger partial charge in [0.05, 0.1) is 28.6 Å². The van der Waals surface area contributed by atoms with Gasteiger partial charge in [-0.15, -0.1) is 11.3 Å². The Bertz CT molecular complexity index is 1790. The number of anilines is 1. The average Bonchev–Trinajstić information content (AvgIpc) is 3.77. The van der Waals surface area contributed by atoms with Crippen molar-refractivity contribution in [1.82, 2.24) is 4.98 Å². The zero-order chi connectivity index (χ0) is 33.2. The Hall–Kier alpha value is -3.93. The number of rotatable bonds is 15. The molecular formula is C35H37ClN2O7S2. The van der Waals surface area contributed by atoms with Gasteiger partial charge in [0.2, 0.25) is 0 Å². The van der Waals surface area contributed by atoms with Crippen LogP contribution >= 0.6 is 22.9 Å². The van der Waals surface area contributed by atoms with Crippen molar-refractivity contribution in [2.24, 2.45) is 0 Å². The number of halogens is 1. The number of benzene rings is 3. The molecule has 5 rings (SSSR count). The monoisotopic (exact) mass is 696 g/mol. The third kappa shape index (κ3) is 9.79. The van der Waals surface area contributed by atoms with E-state index in [9.17, 15) is 18.0 Å². The molecule has 0 aliphatic heterocycles. The van der Waals surface area contributed by atoms with Gasteiger partial charge in [0.1, 0.15) is 23.1 Å². The quantitative estimate of drug-likeness (QED) is 0.126. The van der Waals surface area contributed by atoms with Crippen molar-refractivity contribution in [3.63, 3.8) is 0 Å². The standard InChI is InChI=1S/C35H37ClN2O7S2/c1-2-43-34(39)22-45-32-17-12-24(7-6-18-47(41,42)29-15-13-27(36)14-16-29)19-30(32)38-35(40)26-10-5-11-28(20-26)44-21-33-37-31(23-46-33)25-8-3-4-9-25/h5,10-17,19-20,23,25H,2-4,6-9,18,21-22H2,1H3,(H,38,40). The minimum absolute atomic E-state index is 0.0624. The van der Waals surface area contributed by atoms with Crippen LogP contribution in [0.1, 0.15) is 71.6 Å². The van der Waals surface area contributed by atoms with E-state index < -0.39 is 21.7 Å². The largest absolute Gasteiger partial charge is 0.486 e. The van der Waals surface area contributed by atoms with Crippen LogP contribution in [0.15, 0.2) is 77.0 Å². The van der Waals surface area contributed by atoms with Crippen molar-refractivity contribution in [2.45, 2.75) is 62.9 Å². The zero-order valence-corrected chi connectivity index (χ0v) is 28.5. The fourth-order valence-electron chi connectivity index (χ4n) is 5.39. The Balaban J connectivity index is 1.25. The van der Waals surface area contributed by atoms with E-state index in [-0.39, 0.29) is 29.6 Å². The predicted octanol–water partition coefficient (Wildman–Crippen LogP) is 7.63. The first-order chi connectivity index (χ1) is 22.7. The lowest BCUT2D eigenvalue weighted by atomic mass is 10.1. The summed E-state index contributed by atoms with van der Waals surface area (Å²) in [5, 5.41) is 6.36. The normalized spacial score (nSPS) is 13.3. The summed E-state index contributed by atoms with van der Waals surface area (Å²) in [6.07, 6.45) is 5.65. The highest BCUT2D eigenvalue weighted by atomic mass is 35.5. The van der Waals surface area contributed by atoms with Gasteiger partial charge in [0, 0.05) is 21.9 Å². The maximum Gasteiger partial charge on any atom is 0.344 e. The van der Waals surface area contributed by atoms with E-state index in [0.29, 0.717) is 47.4 Å². The van der Waals surface area contributed by atoms with Crippen molar-refractivity contribution in [3.05, 3.63) is 99.0 Å². The van der Waals surface area contributed by atoms with Crippen molar-refractivity contribution >= 4 is 50.3 Å². The summed E-state index contributed by atoms with van der Waals surface area (Å²) in [6, 6.07) is 18.1. The first-order valence-corrected chi connectivity index (χ1v) is 18.5. The lowest BCUT2D eigenvalue weighted by Crippen LogP contribution is -2.17. The van der Waals surface area contributed by atoms with Crippen LogP contribution in [-0.4, -0.2) is 44.2 Å². The number of carbonyl (C=O) groups is 2. The van der Waals surface area contributed by atoms with E-state index in [1.54, 1.807) is 72.9 Å². The Kier molecular flexibility index (Phi) is 11.9. The van der Waals surface area contributed by atoms with E-state index in [4.69, 9.17) is 30.8 Å². The van der Waals surface area contributed by atoms with Crippen molar-refractivity contribution in [3.8, 4) is 11.5 Å². The molecule has 1 N–H and O–H groups in total. The number of amides is 1. The number of aromatic nitrogens is 1. The predicted molar refractivity (Wildman–Crippen MR) is 182 cm³/mol. The third-order valence-electron chi connectivity index (χ3n) is 7.80. The molecule has 4 aromatic rings. The van der Waals surface area contributed by atoms with Gasteiger partial charge in [-0.3, -0.25) is 4.79 Å². The molecule has 1 aliphatic carbocycles. The van der Waals surface area contributed by atoms with E-state index in [1.165, 1.54) is 37.8 Å². The molecule has 47 heavy (non-hydrogen) atoms. The summed E-state index contributed by atoms with van der Waals surface area (Å²) in [7, 11) is -3.49. The molecule has 0 atom stereocenters. The molecule has 1 amide bonds.